The second-order valence-corrected chi connectivity index (χ2v) is 4.67. The van der Waals surface area contributed by atoms with Gasteiger partial charge in [-0.25, -0.2) is 0 Å². The van der Waals surface area contributed by atoms with Gasteiger partial charge in [0.05, 0.1) is 0 Å². The van der Waals surface area contributed by atoms with E-state index in [1.165, 1.54) is 24.8 Å². The fourth-order valence-electron chi connectivity index (χ4n) is 2.51. The second-order valence-electron chi connectivity index (χ2n) is 4.67. The lowest BCUT2D eigenvalue weighted by molar-refractivity contribution is 0.157. The molecular formula is C14H21NO. The van der Waals surface area contributed by atoms with E-state index < -0.39 is 0 Å². The van der Waals surface area contributed by atoms with Crippen LogP contribution in [0.3, 0.4) is 0 Å². The highest BCUT2D eigenvalue weighted by Crippen LogP contribution is 2.30. The Hall–Kier alpha value is -1.02. The van der Waals surface area contributed by atoms with E-state index in [0.717, 1.165) is 12.3 Å². The van der Waals surface area contributed by atoms with Crippen molar-refractivity contribution in [3.63, 3.8) is 0 Å². The number of hydrogen-bond donors (Lipinski definition) is 1. The molecule has 1 aromatic carbocycles. The van der Waals surface area contributed by atoms with Crippen LogP contribution in [0.15, 0.2) is 24.3 Å². The Morgan fingerprint density at radius 1 is 1.31 bits per heavy atom. The summed E-state index contributed by atoms with van der Waals surface area (Å²) < 4.78 is 6.13. The van der Waals surface area contributed by atoms with Gasteiger partial charge in [-0.2, -0.15) is 0 Å². The molecule has 2 unspecified atom stereocenters. The minimum Gasteiger partial charge on any atom is -0.490 e. The summed E-state index contributed by atoms with van der Waals surface area (Å²) in [5, 5.41) is 3.26. The summed E-state index contributed by atoms with van der Waals surface area (Å²) in [5.41, 5.74) is 1.23. The zero-order valence-electron chi connectivity index (χ0n) is 10.2. The Morgan fingerprint density at radius 2 is 2.12 bits per heavy atom. The van der Waals surface area contributed by atoms with Gasteiger partial charge in [-0.05, 0) is 44.9 Å². The summed E-state index contributed by atoms with van der Waals surface area (Å²) in [6.07, 6.45) is 4.18. The average Bonchev–Trinajstić information content (AvgIpc) is 2.70. The van der Waals surface area contributed by atoms with Crippen molar-refractivity contribution >= 4 is 0 Å². The van der Waals surface area contributed by atoms with Crippen molar-refractivity contribution in [1.82, 2.24) is 5.32 Å². The molecule has 0 radical (unpaired) electrons. The lowest BCUT2D eigenvalue weighted by Crippen LogP contribution is -2.29. The molecule has 2 heteroatoms. The number of benzene rings is 1. The van der Waals surface area contributed by atoms with Crippen LogP contribution in [-0.4, -0.2) is 19.7 Å². The fraction of sp³-hybridized carbons (Fsp3) is 0.571. The third-order valence-electron chi connectivity index (χ3n) is 3.43. The van der Waals surface area contributed by atoms with Gasteiger partial charge in [-0.3, -0.25) is 0 Å². The Labute approximate surface area is 98.0 Å². The minimum absolute atomic E-state index is 0.397. The summed E-state index contributed by atoms with van der Waals surface area (Å²) in [7, 11) is 2.02. The number of aryl methyl sites for hydroxylation is 1. The van der Waals surface area contributed by atoms with Crippen LogP contribution >= 0.6 is 0 Å². The summed E-state index contributed by atoms with van der Waals surface area (Å²) in [6, 6.07) is 8.29. The van der Waals surface area contributed by atoms with E-state index in [0.29, 0.717) is 12.0 Å². The molecule has 0 amide bonds. The minimum atomic E-state index is 0.397. The molecule has 0 aromatic heterocycles. The zero-order valence-corrected chi connectivity index (χ0v) is 10.2. The summed E-state index contributed by atoms with van der Waals surface area (Å²) in [4.78, 5) is 0. The van der Waals surface area contributed by atoms with Crippen molar-refractivity contribution in [2.75, 3.05) is 13.6 Å². The molecular weight excluding hydrogens is 198 g/mol. The molecule has 16 heavy (non-hydrogen) atoms. The van der Waals surface area contributed by atoms with Crippen LogP contribution in [0.1, 0.15) is 24.8 Å². The van der Waals surface area contributed by atoms with Crippen molar-refractivity contribution in [2.45, 2.75) is 32.3 Å². The van der Waals surface area contributed by atoms with Gasteiger partial charge in [-0.1, -0.05) is 18.2 Å². The monoisotopic (exact) mass is 219 g/mol. The predicted molar refractivity (Wildman–Crippen MR) is 66.9 cm³/mol. The van der Waals surface area contributed by atoms with E-state index in [1.54, 1.807) is 0 Å². The third kappa shape index (κ3) is 2.56. The normalized spacial score (nSPS) is 24.6. The molecule has 1 aliphatic carbocycles. The van der Waals surface area contributed by atoms with E-state index in [4.69, 9.17) is 4.74 Å². The van der Waals surface area contributed by atoms with E-state index in [9.17, 15) is 0 Å². The maximum absolute atomic E-state index is 6.13. The predicted octanol–water partition coefficient (Wildman–Crippen LogP) is 2.76. The van der Waals surface area contributed by atoms with Gasteiger partial charge < -0.3 is 10.1 Å². The molecule has 2 rings (SSSR count). The van der Waals surface area contributed by atoms with Gasteiger partial charge in [0.25, 0.3) is 0 Å². The molecule has 2 nitrogen and oxygen atoms in total. The highest BCUT2D eigenvalue weighted by molar-refractivity contribution is 5.32. The first-order chi connectivity index (χ1) is 7.81. The number of ether oxygens (including phenoxy) is 1. The van der Waals surface area contributed by atoms with Gasteiger partial charge in [0.15, 0.2) is 0 Å². The lowest BCUT2D eigenvalue weighted by Gasteiger charge is -2.22. The Bertz CT molecular complexity index is 337. The van der Waals surface area contributed by atoms with Gasteiger partial charge in [0.1, 0.15) is 11.9 Å². The molecule has 0 aliphatic heterocycles. The van der Waals surface area contributed by atoms with Crippen molar-refractivity contribution in [3.8, 4) is 5.75 Å². The molecule has 1 saturated carbocycles. The van der Waals surface area contributed by atoms with Gasteiger partial charge >= 0.3 is 0 Å². The fourth-order valence-corrected chi connectivity index (χ4v) is 2.51. The van der Waals surface area contributed by atoms with Gasteiger partial charge in [-0.15, -0.1) is 0 Å². The molecule has 0 heterocycles. The van der Waals surface area contributed by atoms with Crippen molar-refractivity contribution in [2.24, 2.45) is 5.92 Å². The Morgan fingerprint density at radius 3 is 2.88 bits per heavy atom. The highest BCUT2D eigenvalue weighted by Gasteiger charge is 2.28. The maximum Gasteiger partial charge on any atom is 0.122 e. The Balaban J connectivity index is 2.01. The van der Waals surface area contributed by atoms with E-state index in [1.807, 2.05) is 13.1 Å². The first-order valence-corrected chi connectivity index (χ1v) is 6.18. The standard InChI is InChI=1S/C14H21NO/c1-11-6-3-4-8-13(11)16-14-9-5-7-12(14)10-15-2/h3-4,6,8,12,14-15H,5,7,9-10H2,1-2H3. The van der Waals surface area contributed by atoms with E-state index in [-0.39, 0.29) is 0 Å². The highest BCUT2D eigenvalue weighted by atomic mass is 16.5. The quantitative estimate of drug-likeness (QED) is 0.840. The number of rotatable bonds is 4. The average molecular weight is 219 g/mol. The molecule has 1 aromatic rings. The van der Waals surface area contributed by atoms with Crippen molar-refractivity contribution in [3.05, 3.63) is 29.8 Å². The molecule has 0 spiro atoms. The topological polar surface area (TPSA) is 21.3 Å². The zero-order chi connectivity index (χ0) is 11.4. The molecule has 0 bridgehead atoms. The van der Waals surface area contributed by atoms with Crippen molar-refractivity contribution < 1.29 is 4.74 Å². The SMILES string of the molecule is CNCC1CCCC1Oc1ccccc1C. The van der Waals surface area contributed by atoms with Crippen LogP contribution in [0, 0.1) is 12.8 Å². The third-order valence-corrected chi connectivity index (χ3v) is 3.43. The maximum atomic E-state index is 6.13. The molecule has 1 N–H and O–H groups in total. The number of nitrogens with one attached hydrogen (secondary N) is 1. The largest absolute Gasteiger partial charge is 0.490 e. The van der Waals surface area contributed by atoms with E-state index >= 15 is 0 Å². The molecule has 1 fully saturated rings. The van der Waals surface area contributed by atoms with Crippen LogP contribution < -0.4 is 10.1 Å². The second kappa shape index (κ2) is 5.35. The number of hydrogen-bond acceptors (Lipinski definition) is 2. The molecule has 88 valence electrons. The lowest BCUT2D eigenvalue weighted by atomic mass is 10.1. The van der Waals surface area contributed by atoms with Gasteiger partial charge in [0, 0.05) is 12.5 Å². The summed E-state index contributed by atoms with van der Waals surface area (Å²) in [5.74, 6) is 1.72. The van der Waals surface area contributed by atoms with Crippen LogP contribution in [0.5, 0.6) is 5.75 Å². The molecule has 0 saturated heterocycles. The summed E-state index contributed by atoms with van der Waals surface area (Å²) >= 11 is 0. The van der Waals surface area contributed by atoms with Crippen LogP contribution in [-0.2, 0) is 0 Å². The smallest absolute Gasteiger partial charge is 0.122 e. The van der Waals surface area contributed by atoms with Crippen LogP contribution in [0.4, 0.5) is 0 Å². The van der Waals surface area contributed by atoms with Gasteiger partial charge in [0.2, 0.25) is 0 Å². The first-order valence-electron chi connectivity index (χ1n) is 6.18. The van der Waals surface area contributed by atoms with Crippen LogP contribution in [0.2, 0.25) is 0 Å². The van der Waals surface area contributed by atoms with Crippen molar-refractivity contribution in [1.29, 1.82) is 0 Å². The summed E-state index contributed by atoms with van der Waals surface area (Å²) in [6.45, 7) is 3.17. The first kappa shape index (κ1) is 11.5. The molecule has 2 atom stereocenters. The van der Waals surface area contributed by atoms with E-state index in [2.05, 4.69) is 30.4 Å². The molecule has 1 aliphatic rings. The Kier molecular flexibility index (Phi) is 3.83. The number of para-hydroxylation sites is 1. The van der Waals surface area contributed by atoms with Crippen LogP contribution in [0.25, 0.3) is 0 Å².